The van der Waals surface area contributed by atoms with Crippen LogP contribution in [0.15, 0.2) is 47.8 Å². The van der Waals surface area contributed by atoms with Gasteiger partial charge in [0.15, 0.2) is 0 Å². The second-order valence-electron chi connectivity index (χ2n) is 3.98. The molecular formula is C16H15ClN2O. The second-order valence-corrected chi connectivity index (χ2v) is 3.98. The highest BCUT2D eigenvalue weighted by Gasteiger charge is 2.07. The molecule has 0 saturated heterocycles. The van der Waals surface area contributed by atoms with Crippen molar-refractivity contribution in [2.75, 3.05) is 7.11 Å². The van der Waals surface area contributed by atoms with E-state index in [4.69, 9.17) is 6.42 Å². The second kappa shape index (κ2) is 7.32. The highest BCUT2D eigenvalue weighted by atomic mass is 35.5. The Morgan fingerprint density at radius 2 is 1.95 bits per heavy atom. The first-order valence-electron chi connectivity index (χ1n) is 5.86. The largest absolute Gasteiger partial charge is 0.399 e. The van der Waals surface area contributed by atoms with Crippen LogP contribution in [0.4, 0.5) is 0 Å². The van der Waals surface area contributed by atoms with Crippen LogP contribution in [0.25, 0.3) is 11.1 Å². The summed E-state index contributed by atoms with van der Waals surface area (Å²) < 4.78 is 0. The van der Waals surface area contributed by atoms with E-state index in [1.807, 2.05) is 19.1 Å². The molecule has 20 heavy (non-hydrogen) atoms. The lowest BCUT2D eigenvalue weighted by Crippen LogP contribution is -2.00. The molecule has 0 radical (unpaired) electrons. The zero-order chi connectivity index (χ0) is 13.7. The number of hydrogen-bond acceptors (Lipinski definition) is 3. The molecule has 0 aliphatic heterocycles. The van der Waals surface area contributed by atoms with E-state index in [0.29, 0.717) is 5.69 Å². The van der Waals surface area contributed by atoms with E-state index in [1.165, 1.54) is 18.2 Å². The summed E-state index contributed by atoms with van der Waals surface area (Å²) in [6, 6.07) is 12.2. The van der Waals surface area contributed by atoms with E-state index in [2.05, 4.69) is 45.2 Å². The Balaban J connectivity index is 0.000000236. The van der Waals surface area contributed by atoms with Gasteiger partial charge in [-0.3, -0.25) is 0 Å². The van der Waals surface area contributed by atoms with Crippen LogP contribution >= 0.6 is 12.4 Å². The van der Waals surface area contributed by atoms with Gasteiger partial charge in [0, 0.05) is 11.8 Å². The maximum absolute atomic E-state index is 5.28. The third kappa shape index (κ3) is 3.84. The van der Waals surface area contributed by atoms with Crippen LogP contribution in [-0.4, -0.2) is 17.8 Å². The van der Waals surface area contributed by atoms with Crippen LogP contribution in [0.1, 0.15) is 18.2 Å². The topological polar surface area (TPSA) is 34.5 Å². The summed E-state index contributed by atoms with van der Waals surface area (Å²) in [5.41, 5.74) is 4.99. The molecule has 0 unspecified atom stereocenters. The van der Waals surface area contributed by atoms with Crippen LogP contribution in [0.3, 0.4) is 0 Å². The van der Waals surface area contributed by atoms with Gasteiger partial charge in [0.25, 0.3) is 0 Å². The van der Waals surface area contributed by atoms with Crippen molar-refractivity contribution < 1.29 is 4.84 Å². The van der Waals surface area contributed by atoms with Crippen LogP contribution in [0.5, 0.6) is 0 Å². The Morgan fingerprint density at radius 3 is 2.40 bits per heavy atom. The predicted molar refractivity (Wildman–Crippen MR) is 84.1 cm³/mol. The Morgan fingerprint density at radius 1 is 1.25 bits per heavy atom. The molecule has 0 saturated carbocycles. The standard InChI is InChI=1S/C10H10N2O.C6H4.ClH/c1-4-10-9(6-5-7-11-10)8(2)12-13-3;1-2-5-4-6(5)3-1;/h1,5-7H,2-3H3;1-4H;1H. The fraction of sp³-hybridized carbons (Fsp3) is 0.125. The number of rotatable bonds is 2. The number of hydrogen-bond donors (Lipinski definition) is 0. The summed E-state index contributed by atoms with van der Waals surface area (Å²) >= 11 is 0. The molecule has 0 spiro atoms. The minimum Gasteiger partial charge on any atom is -0.399 e. The quantitative estimate of drug-likeness (QED) is 0.410. The first kappa shape index (κ1) is 15.7. The average Bonchev–Trinajstić information content (AvgIpc) is 3.06. The third-order valence-electron chi connectivity index (χ3n) is 2.68. The van der Waals surface area contributed by atoms with Crippen molar-refractivity contribution in [2.45, 2.75) is 6.92 Å². The number of fused-ring (bicyclic) bond motifs is 1. The van der Waals surface area contributed by atoms with Crippen molar-refractivity contribution in [3.63, 3.8) is 0 Å². The molecule has 0 atom stereocenters. The van der Waals surface area contributed by atoms with E-state index in [0.717, 1.165) is 11.3 Å². The molecule has 1 aromatic rings. The molecule has 0 aromatic carbocycles. The van der Waals surface area contributed by atoms with Crippen molar-refractivity contribution in [2.24, 2.45) is 5.16 Å². The van der Waals surface area contributed by atoms with E-state index >= 15 is 0 Å². The minimum absolute atomic E-state index is 0. The molecule has 4 heteroatoms. The maximum Gasteiger partial charge on any atom is 0.122 e. The number of pyridine rings is 1. The van der Waals surface area contributed by atoms with Crippen LogP contribution in [0.2, 0.25) is 0 Å². The van der Waals surface area contributed by atoms with Gasteiger partial charge in [-0.25, -0.2) is 4.98 Å². The van der Waals surface area contributed by atoms with Crippen molar-refractivity contribution in [3.05, 3.63) is 53.9 Å². The van der Waals surface area contributed by atoms with Gasteiger partial charge in [-0.1, -0.05) is 23.4 Å². The molecular weight excluding hydrogens is 272 g/mol. The monoisotopic (exact) mass is 286 g/mol. The van der Waals surface area contributed by atoms with Gasteiger partial charge in [0.1, 0.15) is 12.8 Å². The first-order chi connectivity index (χ1) is 9.26. The van der Waals surface area contributed by atoms with Crippen molar-refractivity contribution in [3.8, 4) is 23.5 Å². The van der Waals surface area contributed by atoms with Crippen molar-refractivity contribution >= 4 is 18.1 Å². The van der Waals surface area contributed by atoms with Gasteiger partial charge in [-0.2, -0.15) is 0 Å². The molecule has 0 amide bonds. The summed E-state index contributed by atoms with van der Waals surface area (Å²) in [4.78, 5) is 8.68. The lowest BCUT2D eigenvalue weighted by atomic mass is 10.1. The summed E-state index contributed by atoms with van der Waals surface area (Å²) in [7, 11) is 1.50. The van der Waals surface area contributed by atoms with Gasteiger partial charge in [-0.15, -0.1) is 18.8 Å². The summed E-state index contributed by atoms with van der Waals surface area (Å²) in [5.74, 6) is 2.49. The SMILES string of the molecule is C#Cc1ncccc1C(C)=NOC.Cl.c1cc2cc-2c1. The molecule has 0 bridgehead atoms. The molecule has 1 aromatic heterocycles. The van der Waals surface area contributed by atoms with E-state index < -0.39 is 0 Å². The molecule has 2 aliphatic rings. The van der Waals surface area contributed by atoms with Gasteiger partial charge in [0.2, 0.25) is 0 Å². The number of aromatic nitrogens is 1. The Labute approximate surface area is 125 Å². The maximum atomic E-state index is 5.28. The highest BCUT2D eigenvalue weighted by Crippen LogP contribution is 2.32. The van der Waals surface area contributed by atoms with E-state index in [9.17, 15) is 0 Å². The average molecular weight is 287 g/mol. The van der Waals surface area contributed by atoms with Crippen LogP contribution < -0.4 is 0 Å². The minimum atomic E-state index is 0. The first-order valence-corrected chi connectivity index (χ1v) is 5.86. The van der Waals surface area contributed by atoms with Crippen LogP contribution in [0, 0.1) is 12.3 Å². The highest BCUT2D eigenvalue weighted by molar-refractivity contribution is 6.00. The number of oxime groups is 1. The molecule has 102 valence electrons. The fourth-order valence-electron chi connectivity index (χ4n) is 1.67. The third-order valence-corrected chi connectivity index (χ3v) is 2.68. The Hall–Kier alpha value is -2.31. The Kier molecular flexibility index (Phi) is 5.76. The van der Waals surface area contributed by atoms with Crippen molar-refractivity contribution in [1.29, 1.82) is 0 Å². The van der Waals surface area contributed by atoms with Gasteiger partial charge < -0.3 is 4.84 Å². The molecule has 3 nitrogen and oxygen atoms in total. The fourth-order valence-corrected chi connectivity index (χ4v) is 1.67. The lowest BCUT2D eigenvalue weighted by Gasteiger charge is -2.01. The normalized spacial score (nSPS) is 10.3. The number of terminal acetylenes is 1. The van der Waals surface area contributed by atoms with Gasteiger partial charge >= 0.3 is 0 Å². The zero-order valence-electron chi connectivity index (χ0n) is 11.3. The zero-order valence-corrected chi connectivity index (χ0v) is 12.1. The molecule has 2 aliphatic carbocycles. The van der Waals surface area contributed by atoms with Crippen LogP contribution in [-0.2, 0) is 4.84 Å². The van der Waals surface area contributed by atoms with Gasteiger partial charge in [0.05, 0.1) is 5.71 Å². The predicted octanol–water partition coefficient (Wildman–Crippen LogP) is 3.52. The van der Waals surface area contributed by atoms with Crippen molar-refractivity contribution in [1.82, 2.24) is 4.98 Å². The van der Waals surface area contributed by atoms with E-state index in [-0.39, 0.29) is 12.4 Å². The summed E-state index contributed by atoms with van der Waals surface area (Å²) in [6.45, 7) is 1.82. The number of nitrogens with zero attached hydrogens (tertiary/aromatic N) is 2. The molecule has 1 heterocycles. The molecule has 0 fully saturated rings. The molecule has 3 rings (SSSR count). The summed E-state index contributed by atoms with van der Waals surface area (Å²) in [5, 5.41) is 3.78. The Bertz CT molecular complexity index is 642. The number of benzene rings is 1. The van der Waals surface area contributed by atoms with Gasteiger partial charge in [-0.05, 0) is 42.2 Å². The number of halogens is 1. The van der Waals surface area contributed by atoms with E-state index in [1.54, 1.807) is 6.20 Å². The summed E-state index contributed by atoms with van der Waals surface area (Å²) in [6.07, 6.45) is 6.93. The molecule has 0 N–H and O–H groups in total. The lowest BCUT2D eigenvalue weighted by molar-refractivity contribution is 0.213. The smallest absolute Gasteiger partial charge is 0.122 e.